The van der Waals surface area contributed by atoms with Gasteiger partial charge in [0, 0.05) is 18.9 Å². The molecule has 4 heteroatoms. The molecule has 1 aromatic carbocycles. The normalized spacial score (nSPS) is 18.7. The van der Waals surface area contributed by atoms with Gasteiger partial charge in [0.05, 0.1) is 12.7 Å². The summed E-state index contributed by atoms with van der Waals surface area (Å²) in [6, 6.07) is 8.01. The zero-order valence-corrected chi connectivity index (χ0v) is 12.2. The first-order valence-corrected chi connectivity index (χ1v) is 8.15. The van der Waals surface area contributed by atoms with Gasteiger partial charge in [-0.05, 0) is 42.7 Å². The molecule has 106 valence electrons. The van der Waals surface area contributed by atoms with E-state index in [1.54, 1.807) is 0 Å². The summed E-state index contributed by atoms with van der Waals surface area (Å²) < 4.78 is 11.3. The molecule has 1 aromatic rings. The molecule has 1 fully saturated rings. The Kier molecular flexibility index (Phi) is 6.54. The van der Waals surface area contributed by atoms with Gasteiger partial charge in [-0.15, -0.1) is 0 Å². The van der Waals surface area contributed by atoms with Crippen LogP contribution in [0.2, 0.25) is 0 Å². The van der Waals surface area contributed by atoms with Gasteiger partial charge in [0.2, 0.25) is 0 Å². The van der Waals surface area contributed by atoms with Crippen LogP contribution in [0.4, 0.5) is 0 Å². The molecular formula is C15H23NO2S. The molecule has 0 amide bonds. The van der Waals surface area contributed by atoms with Crippen molar-refractivity contribution in [2.45, 2.75) is 31.9 Å². The second-order valence-corrected chi connectivity index (χ2v) is 5.91. The maximum absolute atomic E-state index is 5.72. The van der Waals surface area contributed by atoms with Crippen LogP contribution in [0.3, 0.4) is 0 Å². The van der Waals surface area contributed by atoms with Gasteiger partial charge in [-0.3, -0.25) is 0 Å². The molecule has 1 unspecified atom stereocenters. The quantitative estimate of drug-likeness (QED) is 0.744. The summed E-state index contributed by atoms with van der Waals surface area (Å²) in [5.74, 6) is 3.19. The Balaban J connectivity index is 1.53. The number of thioether (sulfide) groups is 1. The first-order chi connectivity index (χ1) is 9.38. The van der Waals surface area contributed by atoms with Gasteiger partial charge < -0.3 is 15.2 Å². The number of rotatable bonds is 8. The van der Waals surface area contributed by atoms with Crippen LogP contribution < -0.4 is 10.5 Å². The van der Waals surface area contributed by atoms with Crippen LogP contribution in [0.25, 0.3) is 0 Å². The average Bonchev–Trinajstić information content (AvgIpc) is 2.96. The molecule has 0 aliphatic carbocycles. The Morgan fingerprint density at radius 2 is 2.37 bits per heavy atom. The topological polar surface area (TPSA) is 44.5 Å². The highest BCUT2D eigenvalue weighted by Crippen LogP contribution is 2.18. The molecule has 1 aliphatic heterocycles. The van der Waals surface area contributed by atoms with Crippen molar-refractivity contribution >= 4 is 11.8 Å². The lowest BCUT2D eigenvalue weighted by atomic mass is 10.2. The second-order valence-electron chi connectivity index (χ2n) is 4.76. The SMILES string of the molecule is NCc1cccc(OCCCSCC2CCCO2)c1. The van der Waals surface area contributed by atoms with Crippen LogP contribution in [-0.2, 0) is 11.3 Å². The standard InChI is InChI=1S/C15H23NO2S/c16-11-13-4-1-5-14(10-13)17-8-3-9-19-12-15-6-2-7-18-15/h1,4-5,10,15H,2-3,6-9,11-12,16H2. The van der Waals surface area contributed by atoms with E-state index in [0.29, 0.717) is 12.6 Å². The summed E-state index contributed by atoms with van der Waals surface area (Å²) in [7, 11) is 0. The lowest BCUT2D eigenvalue weighted by molar-refractivity contribution is 0.129. The average molecular weight is 281 g/mol. The first kappa shape index (κ1) is 14.7. The molecule has 0 spiro atoms. The van der Waals surface area contributed by atoms with Crippen LogP contribution in [0.1, 0.15) is 24.8 Å². The molecule has 0 radical (unpaired) electrons. The predicted molar refractivity (Wildman–Crippen MR) is 80.7 cm³/mol. The minimum atomic E-state index is 0.493. The summed E-state index contributed by atoms with van der Waals surface area (Å²) in [4.78, 5) is 0. The molecule has 1 saturated heterocycles. The molecule has 1 aliphatic rings. The molecule has 0 saturated carbocycles. The number of ether oxygens (including phenoxy) is 2. The van der Waals surface area contributed by atoms with Crippen LogP contribution in [0.15, 0.2) is 24.3 Å². The van der Waals surface area contributed by atoms with E-state index in [4.69, 9.17) is 15.2 Å². The van der Waals surface area contributed by atoms with Gasteiger partial charge >= 0.3 is 0 Å². The zero-order valence-electron chi connectivity index (χ0n) is 11.3. The van der Waals surface area contributed by atoms with E-state index in [0.717, 1.165) is 42.5 Å². The Bertz CT molecular complexity index is 367. The van der Waals surface area contributed by atoms with Crippen LogP contribution in [0, 0.1) is 0 Å². The molecule has 0 aromatic heterocycles. The maximum atomic E-state index is 5.72. The van der Waals surface area contributed by atoms with E-state index in [-0.39, 0.29) is 0 Å². The third-order valence-corrected chi connectivity index (χ3v) is 4.35. The van der Waals surface area contributed by atoms with Crippen molar-refractivity contribution in [1.82, 2.24) is 0 Å². The molecule has 1 atom stereocenters. The van der Waals surface area contributed by atoms with E-state index in [2.05, 4.69) is 0 Å². The van der Waals surface area contributed by atoms with Crippen molar-refractivity contribution in [3.05, 3.63) is 29.8 Å². The lowest BCUT2D eigenvalue weighted by Crippen LogP contribution is -2.09. The van der Waals surface area contributed by atoms with Crippen molar-refractivity contribution in [2.24, 2.45) is 5.73 Å². The maximum Gasteiger partial charge on any atom is 0.119 e. The zero-order chi connectivity index (χ0) is 13.3. The number of hydrogen-bond acceptors (Lipinski definition) is 4. The molecule has 3 nitrogen and oxygen atoms in total. The third kappa shape index (κ3) is 5.43. The highest BCUT2D eigenvalue weighted by molar-refractivity contribution is 7.99. The number of hydrogen-bond donors (Lipinski definition) is 1. The molecule has 2 N–H and O–H groups in total. The lowest BCUT2D eigenvalue weighted by Gasteiger charge is -2.09. The van der Waals surface area contributed by atoms with Crippen molar-refractivity contribution in [3.63, 3.8) is 0 Å². The largest absolute Gasteiger partial charge is 0.494 e. The second kappa shape index (κ2) is 8.46. The Hall–Kier alpha value is -0.710. The Morgan fingerprint density at radius 1 is 1.42 bits per heavy atom. The van der Waals surface area contributed by atoms with Gasteiger partial charge in [0.15, 0.2) is 0 Å². The smallest absolute Gasteiger partial charge is 0.119 e. The third-order valence-electron chi connectivity index (χ3n) is 3.16. The highest BCUT2D eigenvalue weighted by Gasteiger charge is 2.14. The van der Waals surface area contributed by atoms with Gasteiger partial charge in [-0.1, -0.05) is 12.1 Å². The minimum absolute atomic E-state index is 0.493. The predicted octanol–water partition coefficient (Wildman–Crippen LogP) is 2.83. The molecule has 1 heterocycles. The fourth-order valence-electron chi connectivity index (χ4n) is 2.10. The van der Waals surface area contributed by atoms with E-state index < -0.39 is 0 Å². The van der Waals surface area contributed by atoms with E-state index >= 15 is 0 Å². The summed E-state index contributed by atoms with van der Waals surface area (Å²) in [6.07, 6.45) is 4.03. The summed E-state index contributed by atoms with van der Waals surface area (Å²) >= 11 is 1.97. The number of benzene rings is 1. The Morgan fingerprint density at radius 3 is 3.16 bits per heavy atom. The molecule has 0 bridgehead atoms. The summed E-state index contributed by atoms with van der Waals surface area (Å²) in [5.41, 5.74) is 6.72. The van der Waals surface area contributed by atoms with E-state index in [1.165, 1.54) is 12.8 Å². The fourth-order valence-corrected chi connectivity index (χ4v) is 3.12. The van der Waals surface area contributed by atoms with E-state index in [1.807, 2.05) is 36.0 Å². The van der Waals surface area contributed by atoms with Crippen LogP contribution in [-0.4, -0.2) is 30.8 Å². The Labute approximate surface area is 119 Å². The van der Waals surface area contributed by atoms with Crippen molar-refractivity contribution in [3.8, 4) is 5.75 Å². The van der Waals surface area contributed by atoms with Gasteiger partial charge in [0.25, 0.3) is 0 Å². The van der Waals surface area contributed by atoms with Gasteiger partial charge in [0.1, 0.15) is 5.75 Å². The van der Waals surface area contributed by atoms with Crippen LogP contribution >= 0.6 is 11.8 Å². The fraction of sp³-hybridized carbons (Fsp3) is 0.600. The van der Waals surface area contributed by atoms with Crippen molar-refractivity contribution in [1.29, 1.82) is 0 Å². The van der Waals surface area contributed by atoms with Crippen molar-refractivity contribution in [2.75, 3.05) is 24.7 Å². The van der Waals surface area contributed by atoms with Gasteiger partial charge in [-0.25, -0.2) is 0 Å². The molecule has 19 heavy (non-hydrogen) atoms. The minimum Gasteiger partial charge on any atom is -0.494 e. The summed E-state index contributed by atoms with van der Waals surface area (Å²) in [6.45, 7) is 2.28. The molecule has 2 rings (SSSR count). The first-order valence-electron chi connectivity index (χ1n) is 6.99. The monoisotopic (exact) mass is 281 g/mol. The number of nitrogens with two attached hydrogens (primary N) is 1. The van der Waals surface area contributed by atoms with Gasteiger partial charge in [-0.2, -0.15) is 11.8 Å². The molecular weight excluding hydrogens is 258 g/mol. The van der Waals surface area contributed by atoms with Crippen molar-refractivity contribution < 1.29 is 9.47 Å². The highest BCUT2D eigenvalue weighted by atomic mass is 32.2. The van der Waals surface area contributed by atoms with E-state index in [9.17, 15) is 0 Å². The van der Waals surface area contributed by atoms with Crippen LogP contribution in [0.5, 0.6) is 5.75 Å². The summed E-state index contributed by atoms with van der Waals surface area (Å²) in [5, 5.41) is 0.